The summed E-state index contributed by atoms with van der Waals surface area (Å²) in [6.45, 7) is 0. The van der Waals surface area contributed by atoms with Crippen molar-refractivity contribution in [3.63, 3.8) is 0 Å². The number of halogens is 8. The molecule has 0 radical (unpaired) electrons. The molecule has 0 saturated heterocycles. The van der Waals surface area contributed by atoms with Crippen molar-refractivity contribution in [1.82, 2.24) is 0 Å². The van der Waals surface area contributed by atoms with E-state index >= 15 is 0 Å². The Morgan fingerprint density at radius 3 is 1.24 bits per heavy atom. The van der Waals surface area contributed by atoms with Crippen molar-refractivity contribution in [3.05, 3.63) is 78.6 Å². The molecule has 1 fully saturated rings. The van der Waals surface area contributed by atoms with Gasteiger partial charge in [0, 0.05) is 16.2 Å². The summed E-state index contributed by atoms with van der Waals surface area (Å²) in [4.78, 5) is 28.6. The molecule has 1 aliphatic rings. The molecule has 0 aromatic heterocycles. The standard InChI is InChI=1S/C20H10F8N6O4/c21-9-7(10(22)14(26)17(13(9)25)31-33-29)19(35)37-5-2-1-3-6(4-5)38-20(36)8-11(23)15(27)18(32-34-30)16(28)12(8)24/h5-6H,1-4H2. The van der Waals surface area contributed by atoms with Crippen molar-refractivity contribution in [2.75, 3.05) is 0 Å². The van der Waals surface area contributed by atoms with Crippen LogP contribution in [0.25, 0.3) is 20.9 Å². The molecule has 0 heterocycles. The quantitative estimate of drug-likeness (QED) is 0.0949. The first-order valence-corrected chi connectivity index (χ1v) is 10.2. The molecule has 10 nitrogen and oxygen atoms in total. The van der Waals surface area contributed by atoms with E-state index in [4.69, 9.17) is 20.5 Å². The first kappa shape index (κ1) is 28.0. The largest absolute Gasteiger partial charge is 0.458 e. The van der Waals surface area contributed by atoms with Crippen LogP contribution in [-0.4, -0.2) is 24.1 Å². The number of hydrogen-bond donors (Lipinski definition) is 0. The number of ether oxygens (including phenoxy) is 2. The molecule has 2 atom stereocenters. The summed E-state index contributed by atoms with van der Waals surface area (Å²) in [6, 6.07) is 0. The van der Waals surface area contributed by atoms with E-state index in [-0.39, 0.29) is 19.3 Å². The topological polar surface area (TPSA) is 150 Å². The molecule has 200 valence electrons. The highest BCUT2D eigenvalue weighted by Gasteiger charge is 2.35. The molecule has 0 N–H and O–H groups in total. The Hall–Kier alpha value is -4.56. The number of rotatable bonds is 6. The SMILES string of the molecule is [N-]=[N+]=Nc1c(F)c(F)c(C(=O)OC2CCCC(OC(=O)c3c(F)c(F)c(N=[N+]=[N-])c(F)c3F)C2)c(F)c1F. The van der Waals surface area contributed by atoms with Gasteiger partial charge in [-0.2, -0.15) is 0 Å². The first-order chi connectivity index (χ1) is 17.9. The lowest BCUT2D eigenvalue weighted by Crippen LogP contribution is -2.32. The number of azide groups is 2. The Kier molecular flexibility index (Phi) is 8.28. The van der Waals surface area contributed by atoms with Crippen LogP contribution in [-0.2, 0) is 9.47 Å². The van der Waals surface area contributed by atoms with Gasteiger partial charge in [0.25, 0.3) is 0 Å². The average Bonchev–Trinajstić information content (AvgIpc) is 2.87. The fourth-order valence-electron chi connectivity index (χ4n) is 3.60. The second-order valence-electron chi connectivity index (χ2n) is 7.56. The fraction of sp³-hybridized carbons (Fsp3) is 0.300. The highest BCUT2D eigenvalue weighted by molar-refractivity contribution is 5.91. The molecule has 1 saturated carbocycles. The summed E-state index contributed by atoms with van der Waals surface area (Å²) in [5.74, 6) is -21.3. The van der Waals surface area contributed by atoms with Gasteiger partial charge in [-0.05, 0) is 30.3 Å². The summed E-state index contributed by atoms with van der Waals surface area (Å²) in [6.07, 6.45) is -3.00. The minimum absolute atomic E-state index is 0.0162. The maximum Gasteiger partial charge on any atom is 0.344 e. The lowest BCUT2D eigenvalue weighted by molar-refractivity contribution is -0.0187. The zero-order valence-electron chi connectivity index (χ0n) is 18.3. The normalized spacial score (nSPS) is 16.7. The molecule has 0 amide bonds. The number of carbonyl (C=O) groups is 2. The highest BCUT2D eigenvalue weighted by atomic mass is 19.2. The van der Waals surface area contributed by atoms with Gasteiger partial charge in [-0.15, -0.1) is 0 Å². The Morgan fingerprint density at radius 2 is 0.947 bits per heavy atom. The molecule has 38 heavy (non-hydrogen) atoms. The Morgan fingerprint density at radius 1 is 0.632 bits per heavy atom. The first-order valence-electron chi connectivity index (χ1n) is 10.2. The average molecular weight is 550 g/mol. The van der Waals surface area contributed by atoms with Gasteiger partial charge >= 0.3 is 11.9 Å². The van der Waals surface area contributed by atoms with Crippen LogP contribution in [0.1, 0.15) is 46.4 Å². The highest BCUT2D eigenvalue weighted by Crippen LogP contribution is 2.34. The van der Waals surface area contributed by atoms with Crippen molar-refractivity contribution in [2.24, 2.45) is 10.2 Å². The minimum atomic E-state index is -2.21. The van der Waals surface area contributed by atoms with Crippen LogP contribution < -0.4 is 0 Å². The second-order valence-corrected chi connectivity index (χ2v) is 7.56. The number of nitrogens with zero attached hydrogens (tertiary/aromatic N) is 6. The van der Waals surface area contributed by atoms with Crippen molar-refractivity contribution >= 4 is 23.3 Å². The van der Waals surface area contributed by atoms with Crippen LogP contribution in [0, 0.1) is 46.5 Å². The minimum Gasteiger partial charge on any atom is -0.458 e. The van der Waals surface area contributed by atoms with Gasteiger partial charge in [0.15, 0.2) is 46.5 Å². The molecule has 2 aromatic carbocycles. The third kappa shape index (κ3) is 5.12. The van der Waals surface area contributed by atoms with Crippen LogP contribution in [0.15, 0.2) is 10.2 Å². The molecule has 1 aliphatic carbocycles. The van der Waals surface area contributed by atoms with Crippen molar-refractivity contribution in [2.45, 2.75) is 37.9 Å². The lowest BCUT2D eigenvalue weighted by atomic mass is 9.94. The van der Waals surface area contributed by atoms with Crippen molar-refractivity contribution in [3.8, 4) is 0 Å². The number of benzene rings is 2. The summed E-state index contributed by atoms with van der Waals surface area (Å²) in [7, 11) is 0. The van der Waals surface area contributed by atoms with E-state index in [9.17, 15) is 44.7 Å². The van der Waals surface area contributed by atoms with E-state index in [0.717, 1.165) is 0 Å². The number of hydrogen-bond acceptors (Lipinski definition) is 6. The molecule has 2 aromatic rings. The van der Waals surface area contributed by atoms with Gasteiger partial charge in [-0.25, -0.2) is 44.7 Å². The third-order valence-electron chi connectivity index (χ3n) is 5.30. The van der Waals surface area contributed by atoms with Crippen LogP contribution in [0.3, 0.4) is 0 Å². The van der Waals surface area contributed by atoms with Gasteiger partial charge in [-0.1, -0.05) is 10.2 Å². The predicted octanol–water partition coefficient (Wildman–Crippen LogP) is 7.01. The molecule has 0 spiro atoms. The molecule has 3 rings (SSSR count). The smallest absolute Gasteiger partial charge is 0.344 e. The summed E-state index contributed by atoms with van der Waals surface area (Å²) >= 11 is 0. The predicted molar refractivity (Wildman–Crippen MR) is 107 cm³/mol. The maximum atomic E-state index is 14.2. The van der Waals surface area contributed by atoms with E-state index in [1.165, 1.54) is 0 Å². The van der Waals surface area contributed by atoms with Crippen LogP contribution >= 0.6 is 0 Å². The lowest BCUT2D eigenvalue weighted by Gasteiger charge is -2.29. The summed E-state index contributed by atoms with van der Waals surface area (Å²) in [5.41, 5.74) is 9.61. The monoisotopic (exact) mass is 550 g/mol. The summed E-state index contributed by atoms with van der Waals surface area (Å²) in [5, 5.41) is 4.94. The van der Waals surface area contributed by atoms with E-state index in [2.05, 4.69) is 10.2 Å². The van der Waals surface area contributed by atoms with E-state index in [1.807, 2.05) is 9.82 Å². The molecular formula is C20H10F8N6O4. The molecule has 0 bridgehead atoms. The molecule has 2 unspecified atom stereocenters. The van der Waals surface area contributed by atoms with Crippen LogP contribution in [0.2, 0.25) is 0 Å². The Labute approximate surface area is 205 Å². The van der Waals surface area contributed by atoms with E-state index in [0.29, 0.717) is 0 Å². The van der Waals surface area contributed by atoms with Crippen molar-refractivity contribution < 1.29 is 54.2 Å². The second kappa shape index (κ2) is 11.2. The number of esters is 2. The van der Waals surface area contributed by atoms with E-state index in [1.54, 1.807) is 0 Å². The Bertz CT molecular complexity index is 1280. The third-order valence-corrected chi connectivity index (χ3v) is 5.30. The van der Waals surface area contributed by atoms with E-state index < -0.39 is 99.6 Å². The summed E-state index contributed by atoms with van der Waals surface area (Å²) < 4.78 is 122. The Balaban J connectivity index is 1.79. The zero-order chi connectivity index (χ0) is 28.3. The van der Waals surface area contributed by atoms with Gasteiger partial charge in [0.05, 0.1) is 0 Å². The van der Waals surface area contributed by atoms with Gasteiger partial charge in [0.1, 0.15) is 34.7 Å². The van der Waals surface area contributed by atoms with Gasteiger partial charge < -0.3 is 9.47 Å². The zero-order valence-corrected chi connectivity index (χ0v) is 18.3. The van der Waals surface area contributed by atoms with Crippen LogP contribution in [0.4, 0.5) is 46.5 Å². The maximum absolute atomic E-state index is 14.2. The van der Waals surface area contributed by atoms with Crippen LogP contribution in [0.5, 0.6) is 0 Å². The fourth-order valence-corrected chi connectivity index (χ4v) is 3.60. The molecular weight excluding hydrogens is 540 g/mol. The molecule has 18 heteroatoms. The van der Waals surface area contributed by atoms with Crippen molar-refractivity contribution in [1.29, 1.82) is 0 Å². The molecule has 0 aliphatic heterocycles. The number of carbonyl (C=O) groups excluding carboxylic acids is 2. The van der Waals surface area contributed by atoms with Gasteiger partial charge in [0.2, 0.25) is 0 Å². The van der Waals surface area contributed by atoms with Gasteiger partial charge in [-0.3, -0.25) is 0 Å².